The number of carbonyl (C=O) groups excluding carboxylic acids is 1. The number of thioether (sulfide) groups is 1. The van der Waals surface area contributed by atoms with Crippen LogP contribution in [0, 0.1) is 9.39 Å². The molecule has 2 aromatic carbocycles. The van der Waals surface area contributed by atoms with Crippen LogP contribution in [0.15, 0.2) is 58.2 Å². The first-order valence-corrected chi connectivity index (χ1v) is 8.94. The Kier molecular flexibility index (Phi) is 5.46. The van der Waals surface area contributed by atoms with Crippen molar-refractivity contribution in [3.63, 3.8) is 0 Å². The summed E-state index contributed by atoms with van der Waals surface area (Å²) in [6.07, 6.45) is 0. The Morgan fingerprint density at radius 1 is 1.12 bits per heavy atom. The molecule has 0 saturated heterocycles. The molecule has 0 aliphatic carbocycles. The molecule has 1 N–H and O–H groups in total. The van der Waals surface area contributed by atoms with Crippen LogP contribution in [-0.4, -0.2) is 21.9 Å². The van der Waals surface area contributed by atoms with Gasteiger partial charge in [-0.25, -0.2) is 4.39 Å². The van der Waals surface area contributed by atoms with E-state index < -0.39 is 0 Å². The Morgan fingerprint density at radius 3 is 2.54 bits per heavy atom. The van der Waals surface area contributed by atoms with Gasteiger partial charge in [0.05, 0.1) is 5.75 Å². The summed E-state index contributed by atoms with van der Waals surface area (Å²) in [5.41, 5.74) is 1.36. The molecule has 3 aromatic rings. The molecule has 24 heavy (non-hydrogen) atoms. The van der Waals surface area contributed by atoms with Crippen LogP contribution >= 0.6 is 34.4 Å². The van der Waals surface area contributed by atoms with Crippen molar-refractivity contribution in [3.8, 4) is 11.5 Å². The molecule has 0 bridgehead atoms. The van der Waals surface area contributed by atoms with Gasteiger partial charge in [0.2, 0.25) is 11.8 Å². The smallest absolute Gasteiger partial charge is 0.277 e. The van der Waals surface area contributed by atoms with E-state index in [-0.39, 0.29) is 17.5 Å². The summed E-state index contributed by atoms with van der Waals surface area (Å²) < 4.78 is 19.5. The number of amides is 1. The number of hydrogen-bond donors (Lipinski definition) is 1. The van der Waals surface area contributed by atoms with E-state index in [4.69, 9.17) is 4.42 Å². The second-order valence-corrected chi connectivity index (χ2v) is 6.90. The molecule has 1 heterocycles. The number of rotatable bonds is 5. The molecule has 0 fully saturated rings. The molecule has 1 amide bonds. The minimum Gasteiger partial charge on any atom is -0.411 e. The first-order valence-electron chi connectivity index (χ1n) is 6.88. The van der Waals surface area contributed by atoms with Gasteiger partial charge in [-0.05, 0) is 71.1 Å². The molecule has 0 unspecified atom stereocenters. The molecule has 0 atom stereocenters. The molecule has 8 heteroatoms. The van der Waals surface area contributed by atoms with Crippen LogP contribution in [0.25, 0.3) is 11.5 Å². The van der Waals surface area contributed by atoms with Crippen LogP contribution in [0.5, 0.6) is 0 Å². The SMILES string of the molecule is O=C(CSc1nnc(-c2ccc(I)cc2)o1)Nc1ccc(F)cc1. The lowest BCUT2D eigenvalue weighted by atomic mass is 10.2. The number of benzene rings is 2. The van der Waals surface area contributed by atoms with Crippen molar-refractivity contribution in [1.82, 2.24) is 10.2 Å². The summed E-state index contributed by atoms with van der Waals surface area (Å²) in [6.45, 7) is 0. The third-order valence-corrected chi connectivity index (χ3v) is 4.49. The quantitative estimate of drug-likeness (QED) is 0.461. The molecular formula is C16H11FIN3O2S. The van der Waals surface area contributed by atoms with Crippen molar-refractivity contribution in [2.45, 2.75) is 5.22 Å². The van der Waals surface area contributed by atoms with Crippen LogP contribution in [-0.2, 0) is 4.79 Å². The Labute approximate surface area is 155 Å². The number of nitrogens with zero attached hydrogens (tertiary/aromatic N) is 2. The number of aromatic nitrogens is 2. The highest BCUT2D eigenvalue weighted by molar-refractivity contribution is 14.1. The fraction of sp³-hybridized carbons (Fsp3) is 0.0625. The monoisotopic (exact) mass is 455 g/mol. The van der Waals surface area contributed by atoms with Crippen molar-refractivity contribution >= 4 is 45.9 Å². The third-order valence-electron chi connectivity index (χ3n) is 2.95. The van der Waals surface area contributed by atoms with Crippen molar-refractivity contribution < 1.29 is 13.6 Å². The Balaban J connectivity index is 1.56. The van der Waals surface area contributed by atoms with Crippen LogP contribution in [0.4, 0.5) is 10.1 Å². The van der Waals surface area contributed by atoms with E-state index in [1.807, 2.05) is 24.3 Å². The lowest BCUT2D eigenvalue weighted by Crippen LogP contribution is -2.13. The lowest BCUT2D eigenvalue weighted by Gasteiger charge is -2.03. The largest absolute Gasteiger partial charge is 0.411 e. The minimum absolute atomic E-state index is 0.117. The fourth-order valence-electron chi connectivity index (χ4n) is 1.83. The van der Waals surface area contributed by atoms with E-state index in [0.29, 0.717) is 16.8 Å². The highest BCUT2D eigenvalue weighted by Crippen LogP contribution is 2.23. The maximum absolute atomic E-state index is 12.8. The van der Waals surface area contributed by atoms with E-state index >= 15 is 0 Å². The van der Waals surface area contributed by atoms with Crippen molar-refractivity contribution in [3.05, 3.63) is 57.9 Å². The molecular weight excluding hydrogens is 444 g/mol. The summed E-state index contributed by atoms with van der Waals surface area (Å²) >= 11 is 3.36. The van der Waals surface area contributed by atoms with Gasteiger partial charge in [0.1, 0.15) is 5.82 Å². The molecule has 1 aromatic heterocycles. The molecule has 0 spiro atoms. The zero-order chi connectivity index (χ0) is 16.9. The van der Waals surface area contributed by atoms with E-state index in [1.54, 1.807) is 0 Å². The Hall–Kier alpha value is -1.94. The summed E-state index contributed by atoms with van der Waals surface area (Å²) in [4.78, 5) is 11.9. The number of hydrogen-bond acceptors (Lipinski definition) is 5. The average Bonchev–Trinajstić information content (AvgIpc) is 3.05. The molecule has 3 rings (SSSR count). The number of carbonyl (C=O) groups is 1. The van der Waals surface area contributed by atoms with Gasteiger partial charge in [0.25, 0.3) is 5.22 Å². The number of anilines is 1. The normalized spacial score (nSPS) is 10.6. The second kappa shape index (κ2) is 7.75. The van der Waals surface area contributed by atoms with Crippen LogP contribution in [0.3, 0.4) is 0 Å². The van der Waals surface area contributed by atoms with E-state index in [1.165, 1.54) is 24.3 Å². The number of halogens is 2. The molecule has 0 aliphatic rings. The van der Waals surface area contributed by atoms with Crippen molar-refractivity contribution in [2.75, 3.05) is 11.1 Å². The predicted octanol–water partition coefficient (Wildman–Crippen LogP) is 4.21. The van der Waals surface area contributed by atoms with Crippen molar-refractivity contribution in [1.29, 1.82) is 0 Å². The first kappa shape index (κ1) is 16.9. The van der Waals surface area contributed by atoms with E-state index in [0.717, 1.165) is 20.9 Å². The highest BCUT2D eigenvalue weighted by atomic mass is 127. The van der Waals surface area contributed by atoms with Gasteiger partial charge in [-0.3, -0.25) is 4.79 Å². The van der Waals surface area contributed by atoms with Crippen LogP contribution in [0.2, 0.25) is 0 Å². The van der Waals surface area contributed by atoms with E-state index in [9.17, 15) is 9.18 Å². The van der Waals surface area contributed by atoms with Gasteiger partial charge in [-0.1, -0.05) is 11.8 Å². The molecule has 122 valence electrons. The lowest BCUT2D eigenvalue weighted by molar-refractivity contribution is -0.113. The zero-order valence-electron chi connectivity index (χ0n) is 12.2. The second-order valence-electron chi connectivity index (χ2n) is 4.72. The van der Waals surface area contributed by atoms with Crippen LogP contribution < -0.4 is 5.32 Å². The summed E-state index contributed by atoms with van der Waals surface area (Å²) in [7, 11) is 0. The first-order chi connectivity index (χ1) is 11.6. The standard InChI is InChI=1S/C16H11FIN3O2S/c17-11-3-7-13(8-4-11)19-14(22)9-24-16-21-20-15(23-16)10-1-5-12(18)6-2-10/h1-8H,9H2,(H,19,22). The third kappa shape index (κ3) is 4.54. The van der Waals surface area contributed by atoms with E-state index in [2.05, 4.69) is 38.1 Å². The Bertz CT molecular complexity index is 837. The average molecular weight is 455 g/mol. The van der Waals surface area contributed by atoms with Crippen molar-refractivity contribution in [2.24, 2.45) is 0 Å². The summed E-state index contributed by atoms with van der Waals surface area (Å²) in [5.74, 6) is -0.0593. The fourth-order valence-corrected chi connectivity index (χ4v) is 2.76. The van der Waals surface area contributed by atoms with Gasteiger partial charge in [-0.15, -0.1) is 10.2 Å². The maximum atomic E-state index is 12.8. The molecule has 0 radical (unpaired) electrons. The minimum atomic E-state index is -0.351. The predicted molar refractivity (Wildman–Crippen MR) is 98.2 cm³/mol. The zero-order valence-corrected chi connectivity index (χ0v) is 15.2. The van der Waals surface area contributed by atoms with Gasteiger partial charge >= 0.3 is 0 Å². The summed E-state index contributed by atoms with van der Waals surface area (Å²) in [6, 6.07) is 13.3. The topological polar surface area (TPSA) is 68.0 Å². The van der Waals surface area contributed by atoms with Crippen LogP contribution in [0.1, 0.15) is 0 Å². The Morgan fingerprint density at radius 2 is 1.83 bits per heavy atom. The van der Waals surface area contributed by atoms with Gasteiger partial charge in [0.15, 0.2) is 0 Å². The van der Waals surface area contributed by atoms with Gasteiger partial charge in [0, 0.05) is 14.8 Å². The highest BCUT2D eigenvalue weighted by Gasteiger charge is 2.11. The number of nitrogens with one attached hydrogen (secondary N) is 1. The van der Waals surface area contributed by atoms with Gasteiger partial charge in [-0.2, -0.15) is 0 Å². The maximum Gasteiger partial charge on any atom is 0.277 e. The van der Waals surface area contributed by atoms with Gasteiger partial charge < -0.3 is 9.73 Å². The summed E-state index contributed by atoms with van der Waals surface area (Å²) in [5, 5.41) is 10.9. The molecule has 0 saturated carbocycles. The molecule has 0 aliphatic heterocycles. The molecule has 5 nitrogen and oxygen atoms in total.